The van der Waals surface area contributed by atoms with Gasteiger partial charge in [-0.2, -0.15) is 22.0 Å². The topological polar surface area (TPSA) is 35.0 Å². The van der Waals surface area contributed by atoms with Gasteiger partial charge >= 0.3 is 12.8 Å². The van der Waals surface area contributed by atoms with Crippen molar-refractivity contribution in [1.29, 1.82) is 0 Å². The smallest absolute Gasteiger partial charge is 0.415 e. The van der Waals surface area contributed by atoms with Gasteiger partial charge in [0, 0.05) is 0 Å². The summed E-state index contributed by atoms with van der Waals surface area (Å²) in [6.45, 7) is -3.14. The van der Waals surface area contributed by atoms with Crippen molar-refractivity contribution in [3.63, 3.8) is 0 Å². The Hall–Kier alpha value is -1.47. The van der Waals surface area contributed by atoms with Crippen LogP contribution in [-0.2, 0) is 6.18 Å². The summed E-state index contributed by atoms with van der Waals surface area (Å²) in [5, 5.41) is 0. The lowest BCUT2D eigenvalue weighted by Crippen LogP contribution is -2.10. The molecule has 1 rings (SSSR count). The first kappa shape index (κ1) is 10.6. The Morgan fingerprint density at radius 3 is 2.14 bits per heavy atom. The second-order valence-corrected chi connectivity index (χ2v) is 2.12. The van der Waals surface area contributed by atoms with E-state index in [1.807, 2.05) is 0 Å². The second-order valence-electron chi connectivity index (χ2n) is 2.12. The molecular weight excluding hydrogens is 211 g/mol. The molecule has 0 aliphatic rings. The molecule has 0 aromatic carbocycles. The molecule has 0 radical (unpaired) electrons. The number of hydrogen-bond donors (Lipinski definition) is 0. The molecule has 0 amide bonds. The fourth-order valence-corrected chi connectivity index (χ4v) is 0.615. The molecule has 3 nitrogen and oxygen atoms in total. The van der Waals surface area contributed by atoms with Gasteiger partial charge in [0.25, 0.3) is 0 Å². The molecule has 0 aliphatic heterocycles. The van der Waals surface area contributed by atoms with Crippen molar-refractivity contribution in [2.75, 3.05) is 0 Å². The summed E-state index contributed by atoms with van der Waals surface area (Å²) in [6.07, 6.45) is -3.84. The zero-order valence-corrected chi connectivity index (χ0v) is 6.42. The van der Waals surface area contributed by atoms with Crippen LogP contribution in [0.4, 0.5) is 22.0 Å². The first-order valence-corrected chi connectivity index (χ1v) is 3.23. The van der Waals surface area contributed by atoms with Crippen LogP contribution >= 0.6 is 0 Å². The highest BCUT2D eigenvalue weighted by Gasteiger charge is 2.32. The van der Waals surface area contributed by atoms with Crippen LogP contribution in [0.5, 0.6) is 5.88 Å². The first-order valence-electron chi connectivity index (χ1n) is 3.23. The maximum atomic E-state index is 11.9. The molecular formula is C6H3F5N2O. The van der Waals surface area contributed by atoms with Crippen molar-refractivity contribution in [3.8, 4) is 5.88 Å². The van der Waals surface area contributed by atoms with Crippen molar-refractivity contribution >= 4 is 0 Å². The van der Waals surface area contributed by atoms with E-state index in [0.29, 0.717) is 12.4 Å². The highest BCUT2D eigenvalue weighted by atomic mass is 19.4. The minimum absolute atomic E-state index is 0.317. The Labute approximate surface area is 74.5 Å². The predicted molar refractivity (Wildman–Crippen MR) is 33.7 cm³/mol. The van der Waals surface area contributed by atoms with Crippen LogP contribution in [0, 0.1) is 0 Å². The van der Waals surface area contributed by atoms with Crippen LogP contribution in [0.2, 0.25) is 0 Å². The monoisotopic (exact) mass is 214 g/mol. The van der Waals surface area contributed by atoms with Gasteiger partial charge in [-0.3, -0.25) is 0 Å². The molecule has 0 atom stereocenters. The van der Waals surface area contributed by atoms with Crippen LogP contribution in [0.25, 0.3) is 0 Å². The number of nitrogens with zero attached hydrogens (tertiary/aromatic N) is 2. The van der Waals surface area contributed by atoms with E-state index < -0.39 is 24.4 Å². The largest absolute Gasteiger partial charge is 0.434 e. The third-order valence-corrected chi connectivity index (χ3v) is 1.13. The summed E-state index contributed by atoms with van der Waals surface area (Å²) in [5.74, 6) is -0.659. The van der Waals surface area contributed by atoms with E-state index in [1.54, 1.807) is 0 Å². The van der Waals surface area contributed by atoms with Crippen molar-refractivity contribution in [1.82, 2.24) is 9.97 Å². The Bertz CT molecular complexity index is 296. The molecule has 0 fully saturated rings. The molecule has 1 heterocycles. The number of rotatable bonds is 2. The lowest BCUT2D eigenvalue weighted by molar-refractivity contribution is -0.141. The van der Waals surface area contributed by atoms with E-state index >= 15 is 0 Å². The third-order valence-electron chi connectivity index (χ3n) is 1.13. The van der Waals surface area contributed by atoms with E-state index in [-0.39, 0.29) is 0 Å². The van der Waals surface area contributed by atoms with Gasteiger partial charge < -0.3 is 4.74 Å². The normalized spacial score (nSPS) is 11.9. The van der Waals surface area contributed by atoms with Gasteiger partial charge in [0.05, 0.1) is 12.4 Å². The van der Waals surface area contributed by atoms with Crippen molar-refractivity contribution in [2.45, 2.75) is 12.8 Å². The predicted octanol–water partition coefficient (Wildman–Crippen LogP) is 2.10. The van der Waals surface area contributed by atoms with Crippen molar-refractivity contribution in [2.24, 2.45) is 0 Å². The van der Waals surface area contributed by atoms with E-state index in [2.05, 4.69) is 14.7 Å². The summed E-state index contributed by atoms with van der Waals surface area (Å²) >= 11 is 0. The minimum Gasteiger partial charge on any atom is -0.415 e. The zero-order chi connectivity index (χ0) is 10.8. The fraction of sp³-hybridized carbons (Fsp3) is 0.333. The fourth-order valence-electron chi connectivity index (χ4n) is 0.615. The number of aromatic nitrogens is 2. The van der Waals surface area contributed by atoms with Crippen LogP contribution in [0.1, 0.15) is 5.69 Å². The lowest BCUT2D eigenvalue weighted by atomic mass is 10.4. The van der Waals surface area contributed by atoms with Crippen LogP contribution in [0.15, 0.2) is 12.4 Å². The van der Waals surface area contributed by atoms with Crippen LogP contribution in [-0.4, -0.2) is 16.6 Å². The van der Waals surface area contributed by atoms with E-state index in [0.717, 1.165) is 0 Å². The number of hydrogen-bond acceptors (Lipinski definition) is 3. The third kappa shape index (κ3) is 2.79. The molecule has 1 aromatic heterocycles. The Balaban J connectivity index is 2.79. The zero-order valence-electron chi connectivity index (χ0n) is 6.42. The summed E-state index contributed by atoms with van der Waals surface area (Å²) in [6, 6.07) is 0. The second kappa shape index (κ2) is 3.72. The molecule has 8 heteroatoms. The molecule has 0 bridgehead atoms. The standard InChI is InChI=1S/C6H3F5N2O/c7-5(8)14-4-2-12-3(1-13-4)6(9,10)11/h1-2,5H. The van der Waals surface area contributed by atoms with Gasteiger partial charge in [-0.05, 0) is 0 Å². The lowest BCUT2D eigenvalue weighted by Gasteiger charge is -2.05. The molecule has 78 valence electrons. The molecule has 0 saturated heterocycles. The van der Waals surface area contributed by atoms with Gasteiger partial charge in [0.1, 0.15) is 0 Å². The molecule has 0 unspecified atom stereocenters. The van der Waals surface area contributed by atoms with Crippen LogP contribution < -0.4 is 4.74 Å². The number of ether oxygens (including phenoxy) is 1. The Kier molecular flexibility index (Phi) is 2.82. The Morgan fingerprint density at radius 1 is 1.14 bits per heavy atom. The summed E-state index contributed by atoms with van der Waals surface area (Å²) in [4.78, 5) is 5.86. The van der Waals surface area contributed by atoms with E-state index in [9.17, 15) is 22.0 Å². The highest BCUT2D eigenvalue weighted by molar-refractivity contribution is 5.09. The molecule has 14 heavy (non-hydrogen) atoms. The summed E-state index contributed by atoms with van der Waals surface area (Å²) in [5.41, 5.74) is -1.26. The molecule has 0 saturated carbocycles. The maximum Gasteiger partial charge on any atom is 0.434 e. The average molecular weight is 214 g/mol. The molecule has 0 aliphatic carbocycles. The van der Waals surface area contributed by atoms with Gasteiger partial charge in [-0.15, -0.1) is 0 Å². The summed E-state index contributed by atoms with van der Waals surface area (Å²) < 4.78 is 62.5. The van der Waals surface area contributed by atoms with Gasteiger partial charge in [-0.1, -0.05) is 0 Å². The van der Waals surface area contributed by atoms with Crippen molar-refractivity contribution < 1.29 is 26.7 Å². The highest BCUT2D eigenvalue weighted by Crippen LogP contribution is 2.27. The quantitative estimate of drug-likeness (QED) is 0.707. The maximum absolute atomic E-state index is 11.9. The molecule has 1 aromatic rings. The van der Waals surface area contributed by atoms with E-state index in [1.165, 1.54) is 0 Å². The number of alkyl halides is 5. The SMILES string of the molecule is FC(F)Oc1cnc(C(F)(F)F)cn1. The van der Waals surface area contributed by atoms with Gasteiger partial charge in [0.15, 0.2) is 5.69 Å². The molecule has 0 spiro atoms. The van der Waals surface area contributed by atoms with Crippen LogP contribution in [0.3, 0.4) is 0 Å². The average Bonchev–Trinajstić information content (AvgIpc) is 2.02. The Morgan fingerprint density at radius 2 is 1.79 bits per heavy atom. The number of halogens is 5. The minimum atomic E-state index is -4.64. The van der Waals surface area contributed by atoms with Gasteiger partial charge in [0.2, 0.25) is 5.88 Å². The van der Waals surface area contributed by atoms with Gasteiger partial charge in [-0.25, -0.2) is 9.97 Å². The molecule has 0 N–H and O–H groups in total. The summed E-state index contributed by atoms with van der Waals surface area (Å²) in [7, 11) is 0. The van der Waals surface area contributed by atoms with E-state index in [4.69, 9.17) is 0 Å². The van der Waals surface area contributed by atoms with Crippen molar-refractivity contribution in [3.05, 3.63) is 18.1 Å². The first-order chi connectivity index (χ1) is 6.39.